The average Bonchev–Trinajstić information content (AvgIpc) is 2.52. The Morgan fingerprint density at radius 1 is 0.913 bits per heavy atom. The highest BCUT2D eigenvalue weighted by atomic mass is 16.2. The molecule has 1 aromatic carbocycles. The highest BCUT2D eigenvalue weighted by Crippen LogP contribution is 2.23. The first kappa shape index (κ1) is 19.2. The highest BCUT2D eigenvalue weighted by molar-refractivity contribution is 5.81. The van der Waals surface area contributed by atoms with E-state index >= 15 is 0 Å². The quantitative estimate of drug-likeness (QED) is 0.686. The van der Waals surface area contributed by atoms with Gasteiger partial charge < -0.3 is 10.6 Å². The molecule has 0 heterocycles. The lowest BCUT2D eigenvalue weighted by Crippen LogP contribution is -2.41. The van der Waals surface area contributed by atoms with Crippen LogP contribution in [-0.4, -0.2) is 32.0 Å². The van der Waals surface area contributed by atoms with E-state index in [-0.39, 0.29) is 36.9 Å². The van der Waals surface area contributed by atoms with Gasteiger partial charge in [-0.1, -0.05) is 52.0 Å². The van der Waals surface area contributed by atoms with Crippen LogP contribution >= 0.6 is 0 Å². The Bertz CT molecular complexity index is 510. The summed E-state index contributed by atoms with van der Waals surface area (Å²) in [4.78, 5) is 23.2. The number of benzene rings is 1. The zero-order chi connectivity index (χ0) is 17.4. The minimum Gasteiger partial charge on any atom is -0.358 e. The number of amides is 2. The molecule has 23 heavy (non-hydrogen) atoms. The molecule has 0 unspecified atom stereocenters. The van der Waals surface area contributed by atoms with E-state index in [2.05, 4.69) is 67.9 Å². The summed E-state index contributed by atoms with van der Waals surface area (Å²) in [5.41, 5.74) is 2.39. The van der Waals surface area contributed by atoms with Crippen molar-refractivity contribution in [2.45, 2.75) is 39.7 Å². The number of hydrogen-bond donors (Lipinski definition) is 3. The van der Waals surface area contributed by atoms with Gasteiger partial charge in [-0.25, -0.2) is 0 Å². The highest BCUT2D eigenvalue weighted by Gasteiger charge is 2.18. The van der Waals surface area contributed by atoms with Gasteiger partial charge in [-0.05, 0) is 23.0 Å². The third kappa shape index (κ3) is 6.40. The first-order chi connectivity index (χ1) is 10.8. The molecular formula is C18H29N3O2. The summed E-state index contributed by atoms with van der Waals surface area (Å²) in [5, 5.41) is 8.38. The van der Waals surface area contributed by atoms with Gasteiger partial charge in [0.15, 0.2) is 0 Å². The molecule has 5 heteroatoms. The van der Waals surface area contributed by atoms with Gasteiger partial charge in [0.1, 0.15) is 0 Å². The van der Waals surface area contributed by atoms with Crippen LogP contribution in [0.5, 0.6) is 0 Å². The smallest absolute Gasteiger partial charge is 0.234 e. The Balaban J connectivity index is 2.64. The fourth-order valence-electron chi connectivity index (χ4n) is 2.33. The van der Waals surface area contributed by atoms with Gasteiger partial charge in [0.25, 0.3) is 0 Å². The Morgan fingerprint density at radius 2 is 1.43 bits per heavy atom. The molecule has 0 saturated carbocycles. The van der Waals surface area contributed by atoms with Crippen molar-refractivity contribution in [3.63, 3.8) is 0 Å². The summed E-state index contributed by atoms with van der Waals surface area (Å²) in [6.45, 7) is 8.75. The van der Waals surface area contributed by atoms with Crippen LogP contribution in [0.1, 0.15) is 50.8 Å². The Morgan fingerprint density at radius 3 is 1.91 bits per heavy atom. The Kier molecular flexibility index (Phi) is 7.75. The van der Waals surface area contributed by atoms with Crippen LogP contribution in [0.4, 0.5) is 0 Å². The largest absolute Gasteiger partial charge is 0.358 e. The molecule has 0 fully saturated rings. The topological polar surface area (TPSA) is 70.2 Å². The van der Waals surface area contributed by atoms with Crippen molar-refractivity contribution >= 4 is 11.8 Å². The van der Waals surface area contributed by atoms with Gasteiger partial charge in [0, 0.05) is 7.05 Å². The van der Waals surface area contributed by atoms with Gasteiger partial charge in [-0.2, -0.15) is 0 Å². The molecule has 3 N–H and O–H groups in total. The minimum absolute atomic E-state index is 0.0366. The molecule has 0 aromatic heterocycles. The van der Waals surface area contributed by atoms with Gasteiger partial charge in [0.2, 0.25) is 11.8 Å². The van der Waals surface area contributed by atoms with Crippen LogP contribution in [0.25, 0.3) is 0 Å². The summed E-state index contributed by atoms with van der Waals surface area (Å²) in [7, 11) is 1.57. The Labute approximate surface area is 139 Å². The van der Waals surface area contributed by atoms with Gasteiger partial charge in [0.05, 0.1) is 19.1 Å². The number of rotatable bonds is 8. The summed E-state index contributed by atoms with van der Waals surface area (Å²) in [6.07, 6.45) is 0. The number of hydrogen-bond acceptors (Lipinski definition) is 3. The summed E-state index contributed by atoms with van der Waals surface area (Å²) in [6, 6.07) is 8.36. The van der Waals surface area contributed by atoms with E-state index in [1.807, 2.05) is 0 Å². The molecule has 0 bridgehead atoms. The van der Waals surface area contributed by atoms with Crippen molar-refractivity contribution < 1.29 is 9.59 Å². The molecule has 0 aliphatic rings. The van der Waals surface area contributed by atoms with E-state index in [9.17, 15) is 9.59 Å². The summed E-state index contributed by atoms with van der Waals surface area (Å²) < 4.78 is 0. The molecule has 5 nitrogen and oxygen atoms in total. The average molecular weight is 319 g/mol. The zero-order valence-corrected chi connectivity index (χ0v) is 14.8. The lowest BCUT2D eigenvalue weighted by Gasteiger charge is -2.23. The molecule has 0 spiro atoms. The summed E-state index contributed by atoms with van der Waals surface area (Å²) in [5.74, 6) is 0.524. The molecule has 2 amide bonds. The van der Waals surface area contributed by atoms with Gasteiger partial charge in [-0.15, -0.1) is 0 Å². The van der Waals surface area contributed by atoms with Crippen LogP contribution in [0.3, 0.4) is 0 Å². The monoisotopic (exact) mass is 319 g/mol. The molecule has 0 radical (unpaired) electrons. The standard InChI is InChI=1S/C18H29N3O2/c1-12(2)14-6-8-15(9-7-14)18(13(3)4)21-17(23)11-20-10-16(22)19-5/h6-9,12-13,18,20H,10-11H2,1-5H3,(H,19,22)(H,21,23)/t18-/m1/s1. The third-order valence-corrected chi connectivity index (χ3v) is 3.80. The second-order valence-electron chi connectivity index (χ2n) is 6.39. The van der Waals surface area contributed by atoms with Crippen molar-refractivity contribution in [2.75, 3.05) is 20.1 Å². The molecular weight excluding hydrogens is 290 g/mol. The van der Waals surface area contributed by atoms with E-state index in [0.717, 1.165) is 5.56 Å². The van der Waals surface area contributed by atoms with Gasteiger partial charge in [-0.3, -0.25) is 14.9 Å². The molecule has 1 atom stereocenters. The van der Waals surface area contributed by atoms with E-state index < -0.39 is 0 Å². The molecule has 0 aliphatic heterocycles. The first-order valence-corrected chi connectivity index (χ1v) is 8.15. The molecule has 128 valence electrons. The fraction of sp³-hybridized carbons (Fsp3) is 0.556. The number of carbonyl (C=O) groups excluding carboxylic acids is 2. The lowest BCUT2D eigenvalue weighted by atomic mass is 9.93. The minimum atomic E-state index is -0.137. The van der Waals surface area contributed by atoms with E-state index in [0.29, 0.717) is 5.92 Å². The molecule has 0 saturated heterocycles. The van der Waals surface area contributed by atoms with Crippen molar-refractivity contribution in [3.8, 4) is 0 Å². The van der Waals surface area contributed by atoms with Crippen LogP contribution < -0.4 is 16.0 Å². The Hall–Kier alpha value is -1.88. The van der Waals surface area contributed by atoms with Gasteiger partial charge >= 0.3 is 0 Å². The van der Waals surface area contributed by atoms with Crippen molar-refractivity contribution in [1.82, 2.24) is 16.0 Å². The second kappa shape index (κ2) is 9.30. The SMILES string of the molecule is CNC(=O)CNCC(=O)N[C@@H](c1ccc(C(C)C)cc1)C(C)C. The predicted octanol–water partition coefficient (Wildman–Crippen LogP) is 1.96. The van der Waals surface area contributed by atoms with Crippen LogP contribution in [-0.2, 0) is 9.59 Å². The normalized spacial score (nSPS) is 12.3. The van der Waals surface area contributed by atoms with Crippen molar-refractivity contribution in [1.29, 1.82) is 0 Å². The maximum atomic E-state index is 12.1. The van der Waals surface area contributed by atoms with Crippen LogP contribution in [0, 0.1) is 5.92 Å². The van der Waals surface area contributed by atoms with Crippen molar-refractivity contribution in [2.24, 2.45) is 5.92 Å². The van der Waals surface area contributed by atoms with E-state index in [1.54, 1.807) is 7.05 Å². The lowest BCUT2D eigenvalue weighted by molar-refractivity contribution is -0.121. The molecule has 1 rings (SSSR count). The molecule has 1 aromatic rings. The number of likely N-dealkylation sites (N-methyl/N-ethyl adjacent to an activating group) is 1. The zero-order valence-electron chi connectivity index (χ0n) is 14.8. The van der Waals surface area contributed by atoms with Crippen molar-refractivity contribution in [3.05, 3.63) is 35.4 Å². The first-order valence-electron chi connectivity index (χ1n) is 8.15. The molecule has 0 aliphatic carbocycles. The maximum absolute atomic E-state index is 12.1. The number of nitrogens with one attached hydrogen (secondary N) is 3. The van der Waals surface area contributed by atoms with Crippen LogP contribution in [0.2, 0.25) is 0 Å². The predicted molar refractivity (Wildman–Crippen MR) is 93.2 cm³/mol. The fourth-order valence-corrected chi connectivity index (χ4v) is 2.33. The van der Waals surface area contributed by atoms with E-state index in [4.69, 9.17) is 0 Å². The van der Waals surface area contributed by atoms with E-state index in [1.165, 1.54) is 5.56 Å². The maximum Gasteiger partial charge on any atom is 0.234 e. The third-order valence-electron chi connectivity index (χ3n) is 3.80. The summed E-state index contributed by atoms with van der Waals surface area (Å²) >= 11 is 0. The van der Waals surface area contributed by atoms with Crippen LogP contribution in [0.15, 0.2) is 24.3 Å². The second-order valence-corrected chi connectivity index (χ2v) is 6.39. The number of carbonyl (C=O) groups is 2.